The van der Waals surface area contributed by atoms with Gasteiger partial charge in [-0.1, -0.05) is 6.92 Å². The number of nitrogens with one attached hydrogen (secondary N) is 1. The zero-order chi connectivity index (χ0) is 14.8. The van der Waals surface area contributed by atoms with Gasteiger partial charge in [0.05, 0.1) is 11.1 Å². The predicted octanol–water partition coefficient (Wildman–Crippen LogP) is 4.51. The van der Waals surface area contributed by atoms with Crippen molar-refractivity contribution in [3.63, 3.8) is 0 Å². The van der Waals surface area contributed by atoms with Crippen LogP contribution in [0.5, 0.6) is 0 Å². The highest BCUT2D eigenvalue weighted by Gasteiger charge is 2.35. The quantitative estimate of drug-likeness (QED) is 0.788. The van der Waals surface area contributed by atoms with Gasteiger partial charge in [0, 0.05) is 10.4 Å². The van der Waals surface area contributed by atoms with Crippen LogP contribution in [-0.4, -0.2) is 17.3 Å². The summed E-state index contributed by atoms with van der Waals surface area (Å²) in [7, 11) is 0. The molecule has 0 saturated heterocycles. The van der Waals surface area contributed by atoms with Gasteiger partial charge in [0.15, 0.2) is 0 Å². The SMILES string of the molecule is CC1CCC(CCl)(NC(=O)c2cc(F)ccc2Br)CC1. The van der Waals surface area contributed by atoms with Gasteiger partial charge in [-0.15, -0.1) is 11.6 Å². The van der Waals surface area contributed by atoms with Crippen molar-refractivity contribution in [2.75, 3.05) is 5.88 Å². The van der Waals surface area contributed by atoms with Gasteiger partial charge in [-0.2, -0.15) is 0 Å². The molecule has 0 heterocycles. The molecule has 2 rings (SSSR count). The van der Waals surface area contributed by atoms with Crippen LogP contribution in [0.4, 0.5) is 4.39 Å². The number of hydrogen-bond donors (Lipinski definition) is 1. The van der Waals surface area contributed by atoms with Gasteiger partial charge in [-0.05, 0) is 65.7 Å². The van der Waals surface area contributed by atoms with Crippen molar-refractivity contribution in [2.45, 2.75) is 38.1 Å². The molecule has 1 N–H and O–H groups in total. The number of carbonyl (C=O) groups is 1. The van der Waals surface area contributed by atoms with Gasteiger partial charge in [0.25, 0.3) is 5.91 Å². The number of benzene rings is 1. The summed E-state index contributed by atoms with van der Waals surface area (Å²) in [6, 6.07) is 4.10. The molecule has 1 aromatic carbocycles. The van der Waals surface area contributed by atoms with E-state index in [1.165, 1.54) is 12.1 Å². The fraction of sp³-hybridized carbons (Fsp3) is 0.533. The summed E-state index contributed by atoms with van der Waals surface area (Å²) >= 11 is 9.37. The molecular formula is C15H18BrClFNO. The molecule has 1 amide bonds. The molecule has 1 aliphatic rings. The van der Waals surface area contributed by atoms with Gasteiger partial charge >= 0.3 is 0 Å². The Labute approximate surface area is 132 Å². The van der Waals surface area contributed by atoms with Crippen LogP contribution in [-0.2, 0) is 0 Å². The molecule has 20 heavy (non-hydrogen) atoms. The highest BCUT2D eigenvalue weighted by Crippen LogP contribution is 2.33. The van der Waals surface area contributed by atoms with Gasteiger partial charge in [-0.25, -0.2) is 4.39 Å². The monoisotopic (exact) mass is 361 g/mol. The third-order valence-corrected chi connectivity index (χ3v) is 5.24. The molecule has 1 aliphatic carbocycles. The number of alkyl halides is 1. The van der Waals surface area contributed by atoms with Crippen LogP contribution in [0.25, 0.3) is 0 Å². The van der Waals surface area contributed by atoms with Crippen LogP contribution >= 0.6 is 27.5 Å². The largest absolute Gasteiger partial charge is 0.345 e. The maximum atomic E-state index is 13.3. The molecule has 1 saturated carbocycles. The van der Waals surface area contributed by atoms with Crippen LogP contribution < -0.4 is 5.32 Å². The second-order valence-corrected chi connectivity index (χ2v) is 6.80. The lowest BCUT2D eigenvalue weighted by atomic mass is 9.78. The smallest absolute Gasteiger partial charge is 0.253 e. The Morgan fingerprint density at radius 1 is 1.50 bits per heavy atom. The first-order valence-corrected chi connectivity index (χ1v) is 8.12. The predicted molar refractivity (Wildman–Crippen MR) is 82.6 cm³/mol. The third kappa shape index (κ3) is 3.53. The molecule has 5 heteroatoms. The summed E-state index contributed by atoms with van der Waals surface area (Å²) in [5.41, 5.74) is -0.0511. The highest BCUT2D eigenvalue weighted by molar-refractivity contribution is 9.10. The van der Waals surface area contributed by atoms with Crippen LogP contribution in [0.15, 0.2) is 22.7 Å². The van der Waals surface area contributed by atoms with Crippen LogP contribution in [0.2, 0.25) is 0 Å². The Hall–Kier alpha value is -0.610. The second kappa shape index (κ2) is 6.44. The standard InChI is InChI=1S/C15H18BrClFNO/c1-10-4-6-15(9-17,7-5-10)19-14(20)12-8-11(18)2-3-13(12)16/h2-3,8,10H,4-7,9H2,1H3,(H,19,20). The first-order chi connectivity index (χ1) is 9.46. The Morgan fingerprint density at radius 2 is 2.15 bits per heavy atom. The Bertz CT molecular complexity index is 501. The van der Waals surface area contributed by atoms with E-state index >= 15 is 0 Å². The Kier molecular flexibility index (Phi) is 5.08. The highest BCUT2D eigenvalue weighted by atomic mass is 79.9. The first kappa shape index (κ1) is 15.8. The van der Waals surface area contributed by atoms with Crippen LogP contribution in [0.3, 0.4) is 0 Å². The summed E-state index contributed by atoms with van der Waals surface area (Å²) in [6.45, 7) is 2.21. The van der Waals surface area contributed by atoms with E-state index in [-0.39, 0.29) is 11.4 Å². The van der Waals surface area contributed by atoms with Crippen LogP contribution in [0, 0.1) is 11.7 Å². The number of amides is 1. The molecule has 0 atom stereocenters. The zero-order valence-corrected chi connectivity index (χ0v) is 13.7. The van der Waals surface area contributed by atoms with Gasteiger partial charge < -0.3 is 5.32 Å². The first-order valence-electron chi connectivity index (χ1n) is 6.79. The molecule has 110 valence electrons. The minimum absolute atomic E-state index is 0.272. The fourth-order valence-corrected chi connectivity index (χ4v) is 3.35. The average molecular weight is 363 g/mol. The van der Waals surface area contributed by atoms with E-state index in [2.05, 4.69) is 28.2 Å². The third-order valence-electron chi connectivity index (χ3n) is 4.04. The summed E-state index contributed by atoms with van der Waals surface area (Å²) in [6.07, 6.45) is 3.85. The number of hydrogen-bond acceptors (Lipinski definition) is 1. The number of rotatable bonds is 3. The molecular weight excluding hydrogens is 345 g/mol. The minimum atomic E-state index is -0.421. The molecule has 0 aromatic heterocycles. The van der Waals surface area contributed by atoms with E-state index in [0.29, 0.717) is 21.8 Å². The molecule has 0 spiro atoms. The lowest BCUT2D eigenvalue weighted by Crippen LogP contribution is -2.52. The topological polar surface area (TPSA) is 29.1 Å². The lowest BCUT2D eigenvalue weighted by molar-refractivity contribution is 0.0871. The van der Waals surface area contributed by atoms with E-state index in [1.807, 2.05) is 0 Å². The van der Waals surface area contributed by atoms with E-state index in [4.69, 9.17) is 11.6 Å². The van der Waals surface area contributed by atoms with Crippen molar-refractivity contribution < 1.29 is 9.18 Å². The maximum absolute atomic E-state index is 13.3. The number of carbonyl (C=O) groups excluding carboxylic acids is 1. The zero-order valence-electron chi connectivity index (χ0n) is 11.4. The van der Waals surface area contributed by atoms with Crippen LogP contribution in [0.1, 0.15) is 43.0 Å². The second-order valence-electron chi connectivity index (χ2n) is 5.67. The Balaban J connectivity index is 2.15. The van der Waals surface area contributed by atoms with E-state index in [1.54, 1.807) is 6.07 Å². The molecule has 1 aromatic rings. The molecule has 0 aliphatic heterocycles. The summed E-state index contributed by atoms with van der Waals surface area (Å²) in [4.78, 5) is 12.4. The average Bonchev–Trinajstić information content (AvgIpc) is 2.44. The minimum Gasteiger partial charge on any atom is -0.345 e. The Morgan fingerprint density at radius 3 is 2.75 bits per heavy atom. The van der Waals surface area contributed by atoms with Crippen molar-refractivity contribution in [1.29, 1.82) is 0 Å². The molecule has 0 radical (unpaired) electrons. The van der Waals surface area contributed by atoms with E-state index < -0.39 is 5.82 Å². The van der Waals surface area contributed by atoms with Gasteiger partial charge in [0.2, 0.25) is 0 Å². The lowest BCUT2D eigenvalue weighted by Gasteiger charge is -2.38. The fourth-order valence-electron chi connectivity index (χ4n) is 2.59. The van der Waals surface area contributed by atoms with Crippen molar-refractivity contribution in [2.24, 2.45) is 5.92 Å². The molecule has 0 unspecified atom stereocenters. The molecule has 0 bridgehead atoms. The summed E-state index contributed by atoms with van der Waals surface area (Å²) < 4.78 is 13.9. The summed E-state index contributed by atoms with van der Waals surface area (Å²) in [5, 5.41) is 3.02. The molecule has 1 fully saturated rings. The normalized spacial score (nSPS) is 26.3. The van der Waals surface area contributed by atoms with Gasteiger partial charge in [0.1, 0.15) is 5.82 Å². The van der Waals surface area contributed by atoms with E-state index in [0.717, 1.165) is 25.7 Å². The van der Waals surface area contributed by atoms with Crippen molar-refractivity contribution >= 4 is 33.4 Å². The van der Waals surface area contributed by atoms with E-state index in [9.17, 15) is 9.18 Å². The van der Waals surface area contributed by atoms with Crippen molar-refractivity contribution in [3.8, 4) is 0 Å². The maximum Gasteiger partial charge on any atom is 0.253 e. The van der Waals surface area contributed by atoms with Gasteiger partial charge in [-0.3, -0.25) is 4.79 Å². The number of halogens is 3. The van der Waals surface area contributed by atoms with Crippen molar-refractivity contribution in [1.82, 2.24) is 5.32 Å². The van der Waals surface area contributed by atoms with Crippen molar-refractivity contribution in [3.05, 3.63) is 34.1 Å². The summed E-state index contributed by atoms with van der Waals surface area (Å²) in [5.74, 6) is 0.365. The molecule has 2 nitrogen and oxygen atoms in total.